The molecule has 1 aromatic carbocycles. The molecule has 3 heteroatoms. The van der Waals surface area contributed by atoms with Crippen molar-refractivity contribution in [3.63, 3.8) is 0 Å². The standard InChI is InChI=1S/C9H11F2N/c1-2-3-12-9-5-7(10)4-8(11)6-9/h4-6,12H,2-3H2,1H3. The van der Waals surface area contributed by atoms with Crippen molar-refractivity contribution < 1.29 is 8.78 Å². The van der Waals surface area contributed by atoms with Crippen LogP contribution in [0.25, 0.3) is 0 Å². The second-order valence-electron chi connectivity index (χ2n) is 2.58. The fourth-order valence-corrected chi connectivity index (χ4v) is 0.925. The fraction of sp³-hybridized carbons (Fsp3) is 0.333. The molecule has 0 spiro atoms. The summed E-state index contributed by atoms with van der Waals surface area (Å²) in [6.07, 6.45) is 0.929. The second kappa shape index (κ2) is 4.04. The summed E-state index contributed by atoms with van der Waals surface area (Å²) < 4.78 is 25.2. The smallest absolute Gasteiger partial charge is 0.128 e. The molecule has 0 saturated heterocycles. The summed E-state index contributed by atoms with van der Waals surface area (Å²) >= 11 is 0. The number of benzene rings is 1. The highest BCUT2D eigenvalue weighted by molar-refractivity contribution is 5.43. The van der Waals surface area contributed by atoms with Gasteiger partial charge in [0.05, 0.1) is 0 Å². The molecular weight excluding hydrogens is 160 g/mol. The van der Waals surface area contributed by atoms with Crippen LogP contribution < -0.4 is 5.32 Å². The molecule has 0 radical (unpaired) electrons. The summed E-state index contributed by atoms with van der Waals surface area (Å²) in [5, 5.41) is 2.90. The predicted molar refractivity (Wildman–Crippen MR) is 45.1 cm³/mol. The van der Waals surface area contributed by atoms with Gasteiger partial charge >= 0.3 is 0 Å². The van der Waals surface area contributed by atoms with Crippen molar-refractivity contribution in [3.05, 3.63) is 29.8 Å². The molecule has 0 unspecified atom stereocenters. The molecule has 0 aliphatic heterocycles. The van der Waals surface area contributed by atoms with E-state index in [0.717, 1.165) is 19.0 Å². The van der Waals surface area contributed by atoms with Crippen molar-refractivity contribution in [2.24, 2.45) is 0 Å². The predicted octanol–water partition coefficient (Wildman–Crippen LogP) is 2.79. The summed E-state index contributed by atoms with van der Waals surface area (Å²) in [7, 11) is 0. The zero-order valence-electron chi connectivity index (χ0n) is 6.90. The average molecular weight is 171 g/mol. The molecule has 0 bridgehead atoms. The molecular formula is C9H11F2N. The summed E-state index contributed by atoms with van der Waals surface area (Å²) in [6, 6.07) is 3.41. The Morgan fingerprint density at radius 1 is 1.17 bits per heavy atom. The first-order valence-corrected chi connectivity index (χ1v) is 3.92. The van der Waals surface area contributed by atoms with Gasteiger partial charge in [-0.25, -0.2) is 8.78 Å². The maximum absolute atomic E-state index is 12.6. The van der Waals surface area contributed by atoms with Crippen molar-refractivity contribution in [3.8, 4) is 0 Å². The first kappa shape index (κ1) is 8.97. The molecule has 12 heavy (non-hydrogen) atoms. The zero-order valence-corrected chi connectivity index (χ0v) is 6.90. The van der Waals surface area contributed by atoms with Gasteiger partial charge in [-0.1, -0.05) is 6.92 Å². The second-order valence-corrected chi connectivity index (χ2v) is 2.58. The van der Waals surface area contributed by atoms with Crippen LogP contribution in [-0.2, 0) is 0 Å². The molecule has 0 amide bonds. The number of hydrogen-bond donors (Lipinski definition) is 1. The van der Waals surface area contributed by atoms with E-state index >= 15 is 0 Å². The highest BCUT2D eigenvalue weighted by Crippen LogP contribution is 2.12. The van der Waals surface area contributed by atoms with E-state index in [1.54, 1.807) is 0 Å². The number of halogens is 2. The van der Waals surface area contributed by atoms with Gasteiger partial charge in [0.25, 0.3) is 0 Å². The number of anilines is 1. The molecule has 0 aliphatic rings. The van der Waals surface area contributed by atoms with E-state index in [4.69, 9.17) is 0 Å². The maximum Gasteiger partial charge on any atom is 0.128 e. The van der Waals surface area contributed by atoms with Gasteiger partial charge in [-0.2, -0.15) is 0 Å². The van der Waals surface area contributed by atoms with Crippen LogP contribution in [0.2, 0.25) is 0 Å². The third-order valence-electron chi connectivity index (χ3n) is 1.44. The lowest BCUT2D eigenvalue weighted by atomic mass is 10.3. The number of nitrogens with one attached hydrogen (secondary N) is 1. The Balaban J connectivity index is 2.72. The Hall–Kier alpha value is -1.12. The molecule has 66 valence electrons. The lowest BCUT2D eigenvalue weighted by Crippen LogP contribution is -2.00. The van der Waals surface area contributed by atoms with Crippen LogP contribution in [0.3, 0.4) is 0 Å². The van der Waals surface area contributed by atoms with Gasteiger partial charge < -0.3 is 5.32 Å². The topological polar surface area (TPSA) is 12.0 Å². The third kappa shape index (κ3) is 2.49. The summed E-state index contributed by atoms with van der Waals surface area (Å²) in [5.74, 6) is -1.10. The Labute approximate surface area is 70.4 Å². The van der Waals surface area contributed by atoms with Gasteiger partial charge in [0.2, 0.25) is 0 Å². The largest absolute Gasteiger partial charge is 0.385 e. The van der Waals surface area contributed by atoms with E-state index < -0.39 is 11.6 Å². The molecule has 0 saturated carbocycles. The van der Waals surface area contributed by atoms with Gasteiger partial charge in [0, 0.05) is 18.3 Å². The minimum absolute atomic E-state index is 0.495. The first-order valence-electron chi connectivity index (χ1n) is 3.92. The van der Waals surface area contributed by atoms with Gasteiger partial charge in [0.1, 0.15) is 11.6 Å². The number of rotatable bonds is 3. The Morgan fingerprint density at radius 3 is 2.25 bits per heavy atom. The summed E-state index contributed by atoms with van der Waals surface area (Å²) in [6.45, 7) is 2.71. The van der Waals surface area contributed by atoms with E-state index in [1.807, 2.05) is 6.92 Å². The molecule has 0 atom stereocenters. The highest BCUT2D eigenvalue weighted by atomic mass is 19.1. The summed E-state index contributed by atoms with van der Waals surface area (Å²) in [4.78, 5) is 0. The van der Waals surface area contributed by atoms with E-state index in [0.29, 0.717) is 5.69 Å². The van der Waals surface area contributed by atoms with Crippen LogP contribution in [-0.4, -0.2) is 6.54 Å². The van der Waals surface area contributed by atoms with Crippen molar-refractivity contribution in [1.82, 2.24) is 0 Å². The SMILES string of the molecule is CCCNc1cc(F)cc(F)c1. The Kier molecular flexibility index (Phi) is 3.02. The lowest BCUT2D eigenvalue weighted by molar-refractivity contribution is 0.584. The molecule has 1 aromatic rings. The van der Waals surface area contributed by atoms with Crippen molar-refractivity contribution in [2.45, 2.75) is 13.3 Å². The molecule has 0 aromatic heterocycles. The van der Waals surface area contributed by atoms with Crippen LogP contribution in [0.1, 0.15) is 13.3 Å². The van der Waals surface area contributed by atoms with Gasteiger partial charge in [0.15, 0.2) is 0 Å². The van der Waals surface area contributed by atoms with Crippen LogP contribution in [0, 0.1) is 11.6 Å². The van der Waals surface area contributed by atoms with Crippen LogP contribution >= 0.6 is 0 Å². The summed E-state index contributed by atoms with van der Waals surface area (Å²) in [5.41, 5.74) is 0.495. The maximum atomic E-state index is 12.6. The van der Waals surface area contributed by atoms with Crippen molar-refractivity contribution >= 4 is 5.69 Å². The van der Waals surface area contributed by atoms with E-state index in [-0.39, 0.29) is 0 Å². The minimum atomic E-state index is -0.548. The van der Waals surface area contributed by atoms with E-state index in [1.165, 1.54) is 12.1 Å². The van der Waals surface area contributed by atoms with Crippen LogP contribution in [0.4, 0.5) is 14.5 Å². The van der Waals surface area contributed by atoms with Crippen LogP contribution in [0.15, 0.2) is 18.2 Å². The van der Waals surface area contributed by atoms with Crippen LogP contribution in [0.5, 0.6) is 0 Å². The lowest BCUT2D eigenvalue weighted by Gasteiger charge is -2.03. The van der Waals surface area contributed by atoms with Gasteiger partial charge in [-0.05, 0) is 18.6 Å². The normalized spacial score (nSPS) is 9.92. The average Bonchev–Trinajstić information content (AvgIpc) is 1.99. The quantitative estimate of drug-likeness (QED) is 0.737. The molecule has 1 N–H and O–H groups in total. The van der Waals surface area contributed by atoms with E-state index in [2.05, 4.69) is 5.32 Å². The van der Waals surface area contributed by atoms with Crippen molar-refractivity contribution in [1.29, 1.82) is 0 Å². The van der Waals surface area contributed by atoms with Gasteiger partial charge in [-0.3, -0.25) is 0 Å². The first-order chi connectivity index (χ1) is 5.72. The minimum Gasteiger partial charge on any atom is -0.385 e. The zero-order chi connectivity index (χ0) is 8.97. The highest BCUT2D eigenvalue weighted by Gasteiger charge is 1.98. The fourth-order valence-electron chi connectivity index (χ4n) is 0.925. The molecule has 1 nitrogen and oxygen atoms in total. The van der Waals surface area contributed by atoms with E-state index in [9.17, 15) is 8.78 Å². The monoisotopic (exact) mass is 171 g/mol. The van der Waals surface area contributed by atoms with Gasteiger partial charge in [-0.15, -0.1) is 0 Å². The molecule has 0 aliphatic carbocycles. The Morgan fingerprint density at radius 2 is 1.75 bits per heavy atom. The molecule has 1 rings (SSSR count). The number of hydrogen-bond acceptors (Lipinski definition) is 1. The Bertz CT molecular complexity index is 240. The molecule has 0 heterocycles. The molecule has 0 fully saturated rings. The third-order valence-corrected chi connectivity index (χ3v) is 1.44. The van der Waals surface area contributed by atoms with Crippen molar-refractivity contribution in [2.75, 3.05) is 11.9 Å².